The quantitative estimate of drug-likeness (QED) is 0.775. The van der Waals surface area contributed by atoms with Gasteiger partial charge in [-0.25, -0.2) is 0 Å². The van der Waals surface area contributed by atoms with Gasteiger partial charge in [-0.2, -0.15) is 5.10 Å². The van der Waals surface area contributed by atoms with Crippen molar-refractivity contribution in [2.24, 2.45) is 13.0 Å². The first-order chi connectivity index (χ1) is 10.4. The van der Waals surface area contributed by atoms with Crippen molar-refractivity contribution < 1.29 is 9.59 Å². The minimum absolute atomic E-state index is 0.0243. The first-order valence-electron chi connectivity index (χ1n) is 7.54. The van der Waals surface area contributed by atoms with Crippen LogP contribution in [0.4, 0.5) is 0 Å². The van der Waals surface area contributed by atoms with Crippen LogP contribution in [0.5, 0.6) is 0 Å². The number of nitrogens with zero attached hydrogens (tertiary/aromatic N) is 5. The molecule has 0 radical (unpaired) electrons. The molecular formula is C15H25N5O2. The van der Waals surface area contributed by atoms with E-state index in [1.54, 1.807) is 35.5 Å². The Morgan fingerprint density at radius 2 is 2.05 bits per heavy atom. The summed E-state index contributed by atoms with van der Waals surface area (Å²) in [6.07, 6.45) is 1.91. The van der Waals surface area contributed by atoms with Gasteiger partial charge in [0.15, 0.2) is 0 Å². The maximum Gasteiger partial charge on any atom is 0.228 e. The molecule has 0 aliphatic carbocycles. The molecule has 0 N–H and O–H groups in total. The lowest BCUT2D eigenvalue weighted by Crippen LogP contribution is -2.41. The maximum atomic E-state index is 12.4. The third-order valence-electron chi connectivity index (χ3n) is 4.00. The summed E-state index contributed by atoms with van der Waals surface area (Å²) >= 11 is 0. The van der Waals surface area contributed by atoms with Crippen molar-refractivity contribution in [3.05, 3.63) is 18.0 Å². The van der Waals surface area contributed by atoms with E-state index < -0.39 is 0 Å². The van der Waals surface area contributed by atoms with Gasteiger partial charge in [-0.05, 0) is 6.07 Å². The van der Waals surface area contributed by atoms with Gasteiger partial charge >= 0.3 is 0 Å². The van der Waals surface area contributed by atoms with E-state index in [-0.39, 0.29) is 17.7 Å². The van der Waals surface area contributed by atoms with E-state index in [4.69, 9.17) is 0 Å². The number of carbonyl (C=O) groups is 2. The summed E-state index contributed by atoms with van der Waals surface area (Å²) in [6, 6.07) is 1.98. The molecule has 2 heterocycles. The second kappa shape index (κ2) is 6.91. The molecule has 1 aliphatic rings. The Hall–Kier alpha value is -1.89. The highest BCUT2D eigenvalue weighted by molar-refractivity contribution is 5.80. The van der Waals surface area contributed by atoms with Gasteiger partial charge < -0.3 is 9.80 Å². The van der Waals surface area contributed by atoms with Crippen LogP contribution in [0.25, 0.3) is 0 Å². The van der Waals surface area contributed by atoms with E-state index in [1.807, 2.05) is 19.3 Å². The maximum absolute atomic E-state index is 12.4. The number of amides is 2. The van der Waals surface area contributed by atoms with Gasteiger partial charge in [-0.3, -0.25) is 19.2 Å². The molecule has 2 rings (SSSR count). The SMILES string of the molecule is CC(=O)N1CCN(Cc2ccn(C)n2)CC(C(=O)N(C)C)C1. The fourth-order valence-electron chi connectivity index (χ4n) is 2.81. The lowest BCUT2D eigenvalue weighted by molar-refractivity contribution is -0.135. The molecule has 1 aromatic heterocycles. The van der Waals surface area contributed by atoms with E-state index in [1.165, 1.54) is 0 Å². The van der Waals surface area contributed by atoms with E-state index in [2.05, 4.69) is 10.00 Å². The molecule has 1 saturated heterocycles. The number of aromatic nitrogens is 2. The van der Waals surface area contributed by atoms with Crippen LogP contribution in [0, 0.1) is 5.92 Å². The van der Waals surface area contributed by atoms with Crippen LogP contribution >= 0.6 is 0 Å². The third kappa shape index (κ3) is 4.07. The smallest absolute Gasteiger partial charge is 0.228 e. The van der Waals surface area contributed by atoms with E-state index in [0.29, 0.717) is 26.2 Å². The minimum atomic E-state index is -0.190. The molecule has 1 fully saturated rings. The summed E-state index contributed by atoms with van der Waals surface area (Å²) in [5.74, 6) is -0.0967. The number of hydrogen-bond acceptors (Lipinski definition) is 4. The van der Waals surface area contributed by atoms with Crippen LogP contribution in [0.2, 0.25) is 0 Å². The zero-order valence-corrected chi connectivity index (χ0v) is 13.8. The fraction of sp³-hybridized carbons (Fsp3) is 0.667. The summed E-state index contributed by atoms with van der Waals surface area (Å²) in [4.78, 5) is 29.7. The van der Waals surface area contributed by atoms with Gasteiger partial charge in [-0.15, -0.1) is 0 Å². The highest BCUT2D eigenvalue weighted by Gasteiger charge is 2.30. The first kappa shape index (κ1) is 16.5. The minimum Gasteiger partial charge on any atom is -0.348 e. The third-order valence-corrected chi connectivity index (χ3v) is 4.00. The van der Waals surface area contributed by atoms with Crippen molar-refractivity contribution in [1.29, 1.82) is 0 Å². The van der Waals surface area contributed by atoms with Crippen LogP contribution in [0.3, 0.4) is 0 Å². The molecule has 0 aromatic carbocycles. The molecule has 22 heavy (non-hydrogen) atoms. The number of aryl methyl sites for hydroxylation is 1. The van der Waals surface area contributed by atoms with Gasteiger partial charge in [0, 0.05) is 67.0 Å². The van der Waals surface area contributed by atoms with Crippen LogP contribution < -0.4 is 0 Å². The Labute approximate surface area is 131 Å². The zero-order valence-electron chi connectivity index (χ0n) is 13.8. The second-order valence-electron chi connectivity index (χ2n) is 6.11. The Balaban J connectivity index is 2.11. The molecule has 7 heteroatoms. The summed E-state index contributed by atoms with van der Waals surface area (Å²) in [7, 11) is 5.41. The van der Waals surface area contributed by atoms with Crippen LogP contribution in [0.15, 0.2) is 12.3 Å². The van der Waals surface area contributed by atoms with Gasteiger partial charge in [0.1, 0.15) is 0 Å². The average Bonchev–Trinajstić information content (AvgIpc) is 2.73. The predicted octanol–water partition coefficient (Wildman–Crippen LogP) is -0.211. The Morgan fingerprint density at radius 1 is 1.32 bits per heavy atom. The van der Waals surface area contributed by atoms with Crippen molar-refractivity contribution in [2.45, 2.75) is 13.5 Å². The van der Waals surface area contributed by atoms with Crippen molar-refractivity contribution in [3.63, 3.8) is 0 Å². The number of carbonyl (C=O) groups excluding carboxylic acids is 2. The summed E-state index contributed by atoms with van der Waals surface area (Å²) in [5.41, 5.74) is 0.981. The average molecular weight is 307 g/mol. The normalized spacial score (nSPS) is 19.8. The largest absolute Gasteiger partial charge is 0.348 e. The highest BCUT2D eigenvalue weighted by atomic mass is 16.2. The van der Waals surface area contributed by atoms with Crippen molar-refractivity contribution in [1.82, 2.24) is 24.5 Å². The lowest BCUT2D eigenvalue weighted by atomic mass is 10.1. The summed E-state index contributed by atoms with van der Waals surface area (Å²) < 4.78 is 1.78. The van der Waals surface area contributed by atoms with Gasteiger partial charge in [-0.1, -0.05) is 0 Å². The molecule has 0 bridgehead atoms. The molecule has 1 unspecified atom stereocenters. The second-order valence-corrected chi connectivity index (χ2v) is 6.11. The van der Waals surface area contributed by atoms with E-state index in [0.717, 1.165) is 12.2 Å². The van der Waals surface area contributed by atoms with Gasteiger partial charge in [0.2, 0.25) is 11.8 Å². The predicted molar refractivity (Wildman–Crippen MR) is 82.9 cm³/mol. The molecule has 0 spiro atoms. The van der Waals surface area contributed by atoms with Crippen molar-refractivity contribution in [3.8, 4) is 0 Å². The molecular weight excluding hydrogens is 282 g/mol. The van der Waals surface area contributed by atoms with Crippen LogP contribution in [0.1, 0.15) is 12.6 Å². The van der Waals surface area contributed by atoms with Gasteiger partial charge in [0.05, 0.1) is 11.6 Å². The van der Waals surface area contributed by atoms with E-state index in [9.17, 15) is 9.59 Å². The number of rotatable bonds is 3. The summed E-state index contributed by atoms with van der Waals surface area (Å²) in [5, 5.41) is 4.39. The standard InChI is InChI=1S/C15H25N5O2/c1-12(21)20-8-7-19(11-14-5-6-18(4)16-14)9-13(10-20)15(22)17(2)3/h5-6,13H,7-11H2,1-4H3. The molecule has 1 atom stereocenters. The Kier molecular flexibility index (Phi) is 5.18. The summed E-state index contributed by atoms with van der Waals surface area (Å²) in [6.45, 7) is 4.81. The fourth-order valence-corrected chi connectivity index (χ4v) is 2.81. The van der Waals surface area contributed by atoms with Crippen molar-refractivity contribution >= 4 is 11.8 Å². The van der Waals surface area contributed by atoms with Gasteiger partial charge in [0.25, 0.3) is 0 Å². The Bertz CT molecular complexity index is 540. The monoisotopic (exact) mass is 307 g/mol. The molecule has 7 nitrogen and oxygen atoms in total. The van der Waals surface area contributed by atoms with Crippen LogP contribution in [-0.4, -0.2) is 76.6 Å². The molecule has 2 amide bonds. The van der Waals surface area contributed by atoms with E-state index >= 15 is 0 Å². The Morgan fingerprint density at radius 3 is 2.59 bits per heavy atom. The lowest BCUT2D eigenvalue weighted by Gasteiger charge is -2.25. The van der Waals surface area contributed by atoms with Crippen LogP contribution in [-0.2, 0) is 23.2 Å². The highest BCUT2D eigenvalue weighted by Crippen LogP contribution is 2.14. The first-order valence-corrected chi connectivity index (χ1v) is 7.54. The molecule has 0 saturated carbocycles. The zero-order chi connectivity index (χ0) is 16.3. The number of hydrogen-bond donors (Lipinski definition) is 0. The molecule has 1 aromatic rings. The van der Waals surface area contributed by atoms with Crippen molar-refractivity contribution in [2.75, 3.05) is 40.3 Å². The topological polar surface area (TPSA) is 61.7 Å². The molecule has 1 aliphatic heterocycles. The molecule has 122 valence electrons.